The lowest BCUT2D eigenvalue weighted by Gasteiger charge is -2.02. The number of rotatable bonds is 4. The quantitative estimate of drug-likeness (QED) is 0.749. The number of benzene rings is 1. The predicted octanol–water partition coefficient (Wildman–Crippen LogP) is 3.55. The van der Waals surface area contributed by atoms with Gasteiger partial charge in [0, 0.05) is 22.4 Å². The predicted molar refractivity (Wildman–Crippen MR) is 72.9 cm³/mol. The topological polar surface area (TPSA) is 99.6 Å². The number of carbonyl (C=O) groups is 2. The number of hydrogen-bond donors (Lipinski definition) is 3. The maximum atomic E-state index is 10.7. The van der Waals surface area contributed by atoms with Gasteiger partial charge in [-0.1, -0.05) is 23.2 Å². The zero-order valence-corrected chi connectivity index (χ0v) is 11.5. The lowest BCUT2D eigenvalue weighted by molar-refractivity contribution is -0.136. The molecule has 6 nitrogen and oxygen atoms in total. The molecule has 0 aliphatic heterocycles. The highest BCUT2D eigenvalue weighted by Gasteiger charge is 2.19. The number of aromatic nitrogens is 1. The number of H-pyrrole nitrogens is 1. The van der Waals surface area contributed by atoms with E-state index in [4.69, 9.17) is 33.4 Å². The standard InChI is InChI=1S/C12H9Cl2NO5/c13-5-3-7(14)10-6(1-2-9(16)17)11(20-12(18)19)15-8(10)4-5/h3-4,15H,1-2H2,(H,16,17)(H,18,19). The fraction of sp³-hybridized carbons (Fsp3) is 0.167. The van der Waals surface area contributed by atoms with Crippen LogP contribution in [0.3, 0.4) is 0 Å². The van der Waals surface area contributed by atoms with Crippen LogP contribution in [0, 0.1) is 0 Å². The Bertz CT molecular complexity index is 695. The molecule has 8 heteroatoms. The van der Waals surface area contributed by atoms with Crippen molar-refractivity contribution in [2.75, 3.05) is 0 Å². The highest BCUT2D eigenvalue weighted by atomic mass is 35.5. The minimum atomic E-state index is -1.50. The zero-order valence-electron chi connectivity index (χ0n) is 9.94. The van der Waals surface area contributed by atoms with Gasteiger partial charge in [-0.15, -0.1) is 0 Å². The lowest BCUT2D eigenvalue weighted by Crippen LogP contribution is -2.06. The van der Waals surface area contributed by atoms with Crippen LogP contribution in [0.1, 0.15) is 12.0 Å². The molecule has 106 valence electrons. The third kappa shape index (κ3) is 2.97. The first kappa shape index (κ1) is 14.5. The summed E-state index contributed by atoms with van der Waals surface area (Å²) in [4.78, 5) is 24.1. The van der Waals surface area contributed by atoms with Crippen molar-refractivity contribution in [3.05, 3.63) is 27.7 Å². The number of carboxylic acids is 1. The number of aryl methyl sites for hydroxylation is 1. The molecule has 0 spiro atoms. The van der Waals surface area contributed by atoms with Crippen molar-refractivity contribution in [3.63, 3.8) is 0 Å². The van der Waals surface area contributed by atoms with Crippen molar-refractivity contribution in [1.29, 1.82) is 0 Å². The minimum Gasteiger partial charge on any atom is -0.481 e. The fourth-order valence-electron chi connectivity index (χ4n) is 1.94. The van der Waals surface area contributed by atoms with Crippen LogP contribution < -0.4 is 4.74 Å². The molecule has 0 saturated heterocycles. The molecule has 2 rings (SSSR count). The van der Waals surface area contributed by atoms with Gasteiger partial charge in [0.15, 0.2) is 0 Å². The van der Waals surface area contributed by atoms with Crippen molar-refractivity contribution >= 4 is 46.2 Å². The molecule has 1 heterocycles. The molecule has 0 aliphatic rings. The van der Waals surface area contributed by atoms with Gasteiger partial charge in [0.2, 0.25) is 5.88 Å². The molecule has 2 aromatic rings. The smallest absolute Gasteiger partial charge is 0.481 e. The molecule has 0 fully saturated rings. The Morgan fingerprint density at radius 2 is 1.95 bits per heavy atom. The first-order chi connectivity index (χ1) is 9.38. The van der Waals surface area contributed by atoms with Crippen LogP contribution in [-0.2, 0) is 11.2 Å². The van der Waals surface area contributed by atoms with Gasteiger partial charge in [0.25, 0.3) is 0 Å². The van der Waals surface area contributed by atoms with Crippen LogP contribution in [0.4, 0.5) is 4.79 Å². The van der Waals surface area contributed by atoms with Gasteiger partial charge in [0.1, 0.15) is 0 Å². The largest absolute Gasteiger partial charge is 0.512 e. The summed E-state index contributed by atoms with van der Waals surface area (Å²) >= 11 is 11.9. The Labute approximate surface area is 122 Å². The van der Waals surface area contributed by atoms with Gasteiger partial charge in [-0.05, 0) is 18.6 Å². The molecule has 0 unspecified atom stereocenters. The number of aliphatic carboxylic acids is 1. The highest BCUT2D eigenvalue weighted by molar-refractivity contribution is 6.38. The van der Waals surface area contributed by atoms with Crippen molar-refractivity contribution in [2.24, 2.45) is 0 Å². The van der Waals surface area contributed by atoms with Crippen LogP contribution in [0.5, 0.6) is 5.88 Å². The molecule has 0 amide bonds. The molecule has 0 aliphatic carbocycles. The summed E-state index contributed by atoms with van der Waals surface area (Å²) < 4.78 is 4.62. The fourth-order valence-corrected chi connectivity index (χ4v) is 2.54. The van der Waals surface area contributed by atoms with Gasteiger partial charge >= 0.3 is 12.1 Å². The van der Waals surface area contributed by atoms with E-state index in [1.807, 2.05) is 0 Å². The summed E-state index contributed by atoms with van der Waals surface area (Å²) in [5.74, 6) is -1.05. The van der Waals surface area contributed by atoms with Crippen molar-refractivity contribution < 1.29 is 24.5 Å². The number of fused-ring (bicyclic) bond motifs is 1. The molecule has 1 aromatic heterocycles. The van der Waals surface area contributed by atoms with Crippen LogP contribution in [0.15, 0.2) is 12.1 Å². The van der Waals surface area contributed by atoms with E-state index in [1.165, 1.54) is 6.07 Å². The summed E-state index contributed by atoms with van der Waals surface area (Å²) in [6, 6.07) is 3.05. The van der Waals surface area contributed by atoms with Crippen LogP contribution in [0.25, 0.3) is 10.9 Å². The monoisotopic (exact) mass is 317 g/mol. The zero-order chi connectivity index (χ0) is 14.9. The number of aromatic amines is 1. The first-order valence-corrected chi connectivity index (χ1v) is 6.26. The van der Waals surface area contributed by atoms with E-state index in [2.05, 4.69) is 9.72 Å². The molecule has 3 N–H and O–H groups in total. The highest BCUT2D eigenvalue weighted by Crippen LogP contribution is 2.36. The van der Waals surface area contributed by atoms with Crippen LogP contribution in [-0.4, -0.2) is 27.3 Å². The van der Waals surface area contributed by atoms with Gasteiger partial charge in [-0.25, -0.2) is 4.79 Å². The Morgan fingerprint density at radius 3 is 2.55 bits per heavy atom. The van der Waals surface area contributed by atoms with Crippen molar-refractivity contribution in [3.8, 4) is 5.88 Å². The van der Waals surface area contributed by atoms with E-state index in [0.29, 0.717) is 26.5 Å². The maximum absolute atomic E-state index is 10.7. The van der Waals surface area contributed by atoms with Gasteiger partial charge < -0.3 is 19.9 Å². The molecule has 0 saturated carbocycles. The van der Waals surface area contributed by atoms with E-state index >= 15 is 0 Å². The third-order valence-electron chi connectivity index (χ3n) is 2.66. The average molecular weight is 318 g/mol. The molecule has 0 bridgehead atoms. The summed E-state index contributed by atoms with van der Waals surface area (Å²) in [6.07, 6.45) is -1.60. The average Bonchev–Trinajstić information content (AvgIpc) is 2.62. The van der Waals surface area contributed by atoms with E-state index in [0.717, 1.165) is 0 Å². The second-order valence-electron chi connectivity index (χ2n) is 4.00. The number of nitrogens with one attached hydrogen (secondary N) is 1. The third-order valence-corrected chi connectivity index (χ3v) is 3.17. The Morgan fingerprint density at radius 1 is 1.25 bits per heavy atom. The molecule has 0 atom stereocenters. The molecule has 20 heavy (non-hydrogen) atoms. The number of hydrogen-bond acceptors (Lipinski definition) is 3. The molecule has 1 aromatic carbocycles. The van der Waals surface area contributed by atoms with E-state index in [9.17, 15) is 9.59 Å². The van der Waals surface area contributed by atoms with Gasteiger partial charge in [-0.3, -0.25) is 4.79 Å². The van der Waals surface area contributed by atoms with Crippen molar-refractivity contribution in [2.45, 2.75) is 12.8 Å². The van der Waals surface area contributed by atoms with E-state index < -0.39 is 12.1 Å². The lowest BCUT2D eigenvalue weighted by atomic mass is 10.1. The Hall–Kier alpha value is -1.92. The van der Waals surface area contributed by atoms with Gasteiger partial charge in [0.05, 0.1) is 10.5 Å². The van der Waals surface area contributed by atoms with Crippen LogP contribution >= 0.6 is 23.2 Å². The normalized spacial score (nSPS) is 10.7. The second kappa shape index (κ2) is 5.60. The molecular weight excluding hydrogens is 309 g/mol. The summed E-state index contributed by atoms with van der Waals surface area (Å²) in [5, 5.41) is 18.6. The van der Waals surface area contributed by atoms with E-state index in [1.54, 1.807) is 6.07 Å². The van der Waals surface area contributed by atoms with Crippen molar-refractivity contribution in [1.82, 2.24) is 4.98 Å². The minimum absolute atomic E-state index is 0.0436. The summed E-state index contributed by atoms with van der Waals surface area (Å²) in [6.45, 7) is 0. The molecule has 0 radical (unpaired) electrons. The Kier molecular flexibility index (Phi) is 4.06. The van der Waals surface area contributed by atoms with E-state index in [-0.39, 0.29) is 18.7 Å². The van der Waals surface area contributed by atoms with Crippen LogP contribution in [0.2, 0.25) is 10.0 Å². The second-order valence-corrected chi connectivity index (χ2v) is 4.85. The summed E-state index contributed by atoms with van der Waals surface area (Å²) in [7, 11) is 0. The number of carboxylic acid groups (broad SMARTS) is 2. The maximum Gasteiger partial charge on any atom is 0.512 e. The summed E-state index contributed by atoms with van der Waals surface area (Å²) in [5.41, 5.74) is 0.880. The van der Waals surface area contributed by atoms with Gasteiger partial charge in [-0.2, -0.15) is 0 Å². The Balaban J connectivity index is 2.58. The number of ether oxygens (including phenoxy) is 1. The SMILES string of the molecule is O=C(O)CCc1c(OC(=O)O)[nH]c2cc(Cl)cc(Cl)c12. The first-order valence-electron chi connectivity index (χ1n) is 5.50. The molecular formula is C12H9Cl2NO5. The number of halogens is 2.